The molecule has 0 spiro atoms. The zero-order valence-electron chi connectivity index (χ0n) is 11.4. The summed E-state index contributed by atoms with van der Waals surface area (Å²) in [7, 11) is 0. The van der Waals surface area contributed by atoms with E-state index in [1.807, 2.05) is 0 Å². The molecular weight excluding hydrogens is 168 g/mol. The standard InChI is InChI=1S/C14H30/c1-11(2)8-9-12(3)13(4)10-14(5,6)7/h11-13H,8-10H2,1-7H3. The van der Waals surface area contributed by atoms with Crippen LogP contribution in [0.25, 0.3) is 0 Å². The van der Waals surface area contributed by atoms with E-state index in [4.69, 9.17) is 0 Å². The SMILES string of the molecule is CC(C)CCC(C)C(C)CC(C)(C)C. The minimum absolute atomic E-state index is 0.492. The van der Waals surface area contributed by atoms with Crippen molar-refractivity contribution in [2.24, 2.45) is 23.2 Å². The molecule has 0 aromatic rings. The minimum Gasteiger partial charge on any atom is -0.0628 e. The molecule has 2 atom stereocenters. The van der Waals surface area contributed by atoms with Crippen LogP contribution in [0.15, 0.2) is 0 Å². The largest absolute Gasteiger partial charge is 0.0628 e. The fourth-order valence-electron chi connectivity index (χ4n) is 2.05. The minimum atomic E-state index is 0.492. The van der Waals surface area contributed by atoms with Gasteiger partial charge in [-0.25, -0.2) is 0 Å². The van der Waals surface area contributed by atoms with Gasteiger partial charge in [-0.15, -0.1) is 0 Å². The molecule has 0 radical (unpaired) electrons. The van der Waals surface area contributed by atoms with E-state index >= 15 is 0 Å². The number of hydrogen-bond acceptors (Lipinski definition) is 0. The Balaban J connectivity index is 3.82. The molecule has 0 aromatic heterocycles. The van der Waals surface area contributed by atoms with Gasteiger partial charge in [0.1, 0.15) is 0 Å². The number of rotatable bonds is 5. The van der Waals surface area contributed by atoms with E-state index < -0.39 is 0 Å². The van der Waals surface area contributed by atoms with E-state index in [1.54, 1.807) is 0 Å². The predicted molar refractivity (Wildman–Crippen MR) is 66.5 cm³/mol. The van der Waals surface area contributed by atoms with Gasteiger partial charge < -0.3 is 0 Å². The molecule has 0 saturated carbocycles. The zero-order valence-corrected chi connectivity index (χ0v) is 11.4. The summed E-state index contributed by atoms with van der Waals surface area (Å²) in [5.41, 5.74) is 0.492. The van der Waals surface area contributed by atoms with E-state index in [0.29, 0.717) is 5.41 Å². The first-order chi connectivity index (χ1) is 6.22. The third kappa shape index (κ3) is 7.41. The molecule has 0 bridgehead atoms. The molecule has 2 unspecified atom stereocenters. The molecule has 0 saturated heterocycles. The van der Waals surface area contributed by atoms with Crippen LogP contribution in [-0.2, 0) is 0 Å². The van der Waals surface area contributed by atoms with Crippen LogP contribution in [0.3, 0.4) is 0 Å². The van der Waals surface area contributed by atoms with Gasteiger partial charge in [0.2, 0.25) is 0 Å². The van der Waals surface area contributed by atoms with Gasteiger partial charge in [0.05, 0.1) is 0 Å². The molecule has 0 amide bonds. The van der Waals surface area contributed by atoms with E-state index in [2.05, 4.69) is 48.5 Å². The summed E-state index contributed by atoms with van der Waals surface area (Å²) in [4.78, 5) is 0. The first-order valence-electron chi connectivity index (χ1n) is 6.22. The average Bonchev–Trinajstić information content (AvgIpc) is 1.96. The van der Waals surface area contributed by atoms with Crippen LogP contribution in [0.1, 0.15) is 67.7 Å². The summed E-state index contributed by atoms with van der Waals surface area (Å²) >= 11 is 0. The Kier molecular flexibility index (Phi) is 5.78. The quantitative estimate of drug-likeness (QED) is 0.574. The van der Waals surface area contributed by atoms with Crippen molar-refractivity contribution in [3.05, 3.63) is 0 Å². The average molecular weight is 198 g/mol. The topological polar surface area (TPSA) is 0 Å². The molecule has 0 aliphatic carbocycles. The molecule has 0 nitrogen and oxygen atoms in total. The van der Waals surface area contributed by atoms with Crippen LogP contribution < -0.4 is 0 Å². The highest BCUT2D eigenvalue weighted by Crippen LogP contribution is 2.30. The fraction of sp³-hybridized carbons (Fsp3) is 1.00. The maximum Gasteiger partial charge on any atom is -0.0380 e. The van der Waals surface area contributed by atoms with Crippen molar-refractivity contribution in [2.45, 2.75) is 67.7 Å². The summed E-state index contributed by atoms with van der Waals surface area (Å²) in [6, 6.07) is 0. The second kappa shape index (κ2) is 5.78. The van der Waals surface area contributed by atoms with Gasteiger partial charge in [0, 0.05) is 0 Å². The van der Waals surface area contributed by atoms with Crippen LogP contribution in [0.4, 0.5) is 0 Å². The van der Waals surface area contributed by atoms with Crippen LogP contribution in [-0.4, -0.2) is 0 Å². The van der Waals surface area contributed by atoms with Crippen LogP contribution in [0.2, 0.25) is 0 Å². The van der Waals surface area contributed by atoms with E-state index in [0.717, 1.165) is 17.8 Å². The summed E-state index contributed by atoms with van der Waals surface area (Å²) in [5.74, 6) is 2.62. The Bertz CT molecular complexity index is 139. The van der Waals surface area contributed by atoms with Crippen LogP contribution in [0, 0.1) is 23.2 Å². The Morgan fingerprint density at radius 2 is 1.29 bits per heavy atom. The second-order valence-electron chi connectivity index (χ2n) is 6.69. The van der Waals surface area contributed by atoms with Crippen LogP contribution in [0.5, 0.6) is 0 Å². The second-order valence-corrected chi connectivity index (χ2v) is 6.69. The lowest BCUT2D eigenvalue weighted by Crippen LogP contribution is -2.17. The lowest BCUT2D eigenvalue weighted by molar-refractivity contribution is 0.234. The van der Waals surface area contributed by atoms with E-state index in [-0.39, 0.29) is 0 Å². The van der Waals surface area contributed by atoms with Gasteiger partial charge >= 0.3 is 0 Å². The van der Waals surface area contributed by atoms with E-state index in [9.17, 15) is 0 Å². The Morgan fingerprint density at radius 1 is 0.786 bits per heavy atom. The summed E-state index contributed by atoms with van der Waals surface area (Å²) in [6.45, 7) is 16.5. The van der Waals surface area contributed by atoms with Gasteiger partial charge in [0.25, 0.3) is 0 Å². The van der Waals surface area contributed by atoms with Gasteiger partial charge in [-0.1, -0.05) is 61.3 Å². The molecule has 0 fully saturated rings. The van der Waals surface area contributed by atoms with Gasteiger partial charge in [-0.3, -0.25) is 0 Å². The molecule has 0 aliphatic heterocycles. The predicted octanol–water partition coefficient (Wildman–Crippen LogP) is 5.13. The Morgan fingerprint density at radius 3 is 1.64 bits per heavy atom. The molecular formula is C14H30. The lowest BCUT2D eigenvalue weighted by atomic mass is 9.78. The van der Waals surface area contributed by atoms with Gasteiger partial charge in [-0.05, 0) is 29.6 Å². The van der Waals surface area contributed by atoms with Gasteiger partial charge in [-0.2, -0.15) is 0 Å². The maximum absolute atomic E-state index is 2.42. The monoisotopic (exact) mass is 198 g/mol. The summed E-state index contributed by atoms with van der Waals surface area (Å²) in [5, 5.41) is 0. The number of hydrogen-bond donors (Lipinski definition) is 0. The molecule has 0 aromatic carbocycles. The molecule has 86 valence electrons. The highest BCUT2D eigenvalue weighted by atomic mass is 14.2. The smallest absolute Gasteiger partial charge is 0.0380 e. The van der Waals surface area contributed by atoms with E-state index in [1.165, 1.54) is 19.3 Å². The van der Waals surface area contributed by atoms with Crippen molar-refractivity contribution in [3.8, 4) is 0 Å². The highest BCUT2D eigenvalue weighted by molar-refractivity contribution is 4.70. The third-order valence-corrected chi connectivity index (χ3v) is 3.11. The molecule has 14 heavy (non-hydrogen) atoms. The fourth-order valence-corrected chi connectivity index (χ4v) is 2.05. The molecule has 0 N–H and O–H groups in total. The molecule has 0 heteroatoms. The lowest BCUT2D eigenvalue weighted by Gasteiger charge is -2.28. The molecule has 0 heterocycles. The summed E-state index contributed by atoms with van der Waals surface area (Å²) < 4.78 is 0. The van der Waals surface area contributed by atoms with Crippen molar-refractivity contribution in [3.63, 3.8) is 0 Å². The first-order valence-corrected chi connectivity index (χ1v) is 6.22. The van der Waals surface area contributed by atoms with Crippen molar-refractivity contribution in [2.75, 3.05) is 0 Å². The van der Waals surface area contributed by atoms with Crippen molar-refractivity contribution in [1.29, 1.82) is 0 Å². The molecule has 0 rings (SSSR count). The first kappa shape index (κ1) is 14.0. The normalized spacial score (nSPS) is 17.1. The maximum atomic E-state index is 2.42. The Hall–Kier alpha value is 0. The van der Waals surface area contributed by atoms with Crippen molar-refractivity contribution in [1.82, 2.24) is 0 Å². The highest BCUT2D eigenvalue weighted by Gasteiger charge is 2.19. The van der Waals surface area contributed by atoms with Crippen molar-refractivity contribution >= 4 is 0 Å². The Labute approximate surface area is 91.5 Å². The summed E-state index contributed by atoms with van der Waals surface area (Å²) in [6.07, 6.45) is 4.14. The van der Waals surface area contributed by atoms with Gasteiger partial charge in [0.15, 0.2) is 0 Å². The van der Waals surface area contributed by atoms with Crippen LogP contribution >= 0.6 is 0 Å². The molecule has 0 aliphatic rings. The third-order valence-electron chi connectivity index (χ3n) is 3.11. The zero-order chi connectivity index (χ0) is 11.4. The van der Waals surface area contributed by atoms with Crippen molar-refractivity contribution < 1.29 is 0 Å².